The van der Waals surface area contributed by atoms with Gasteiger partial charge in [0.25, 0.3) is 0 Å². The van der Waals surface area contributed by atoms with Crippen molar-refractivity contribution in [1.29, 1.82) is 0 Å². The largest absolute Gasteiger partial charge is 0.389 e. The van der Waals surface area contributed by atoms with Crippen LogP contribution < -0.4 is 0 Å². The summed E-state index contributed by atoms with van der Waals surface area (Å²) in [5, 5.41) is 11.7. The van der Waals surface area contributed by atoms with Crippen molar-refractivity contribution in [3.63, 3.8) is 0 Å². The molecule has 6 atom stereocenters. The summed E-state index contributed by atoms with van der Waals surface area (Å²) in [5.41, 5.74) is -1.01. The van der Waals surface area contributed by atoms with E-state index in [1.165, 1.54) is 0 Å². The summed E-state index contributed by atoms with van der Waals surface area (Å²) in [5.74, 6) is 0.559. The third-order valence-electron chi connectivity index (χ3n) is 9.99. The van der Waals surface area contributed by atoms with E-state index in [0.717, 1.165) is 44.9 Å². The zero-order chi connectivity index (χ0) is 19.0. The van der Waals surface area contributed by atoms with Gasteiger partial charge in [-0.15, -0.1) is 0 Å². The summed E-state index contributed by atoms with van der Waals surface area (Å²) in [6.45, 7) is 6.89. The van der Waals surface area contributed by atoms with Crippen LogP contribution >= 0.6 is 0 Å². The van der Waals surface area contributed by atoms with Gasteiger partial charge in [0.05, 0.1) is 11.0 Å². The minimum Gasteiger partial charge on any atom is -0.389 e. The lowest BCUT2D eigenvalue weighted by atomic mass is 9.39. The Morgan fingerprint density at radius 2 is 1.58 bits per heavy atom. The minimum atomic E-state index is -0.797. The molecule has 4 rings (SSSR count). The van der Waals surface area contributed by atoms with Gasteiger partial charge in [0.15, 0.2) is 5.79 Å². The minimum absolute atomic E-state index is 0.144. The molecule has 0 aromatic carbocycles. The number of aliphatic hydroxyl groups is 1. The molecule has 0 unspecified atom stereocenters. The summed E-state index contributed by atoms with van der Waals surface area (Å²) >= 11 is 0. The Balaban J connectivity index is 1.70. The number of hydrogen-bond acceptors (Lipinski definition) is 4. The summed E-state index contributed by atoms with van der Waals surface area (Å²) < 4.78 is 11.7. The number of ether oxygens (including phenoxy) is 2. The molecular formula is C22H36O4. The number of Topliss-reactive ketones (excluding diaryl/α,β-unsaturated/α-hetero) is 1. The highest BCUT2D eigenvalue weighted by molar-refractivity contribution is 5.88. The Kier molecular flexibility index (Phi) is 4.03. The van der Waals surface area contributed by atoms with Crippen LogP contribution in [0.25, 0.3) is 0 Å². The quantitative estimate of drug-likeness (QED) is 0.750. The van der Waals surface area contributed by atoms with Crippen molar-refractivity contribution in [3.8, 4) is 0 Å². The van der Waals surface area contributed by atoms with Crippen LogP contribution in [0.3, 0.4) is 0 Å². The average molecular weight is 365 g/mol. The van der Waals surface area contributed by atoms with E-state index >= 15 is 0 Å². The van der Waals surface area contributed by atoms with Crippen LogP contribution in [-0.4, -0.2) is 36.5 Å². The van der Waals surface area contributed by atoms with Crippen LogP contribution in [0.5, 0.6) is 0 Å². The topological polar surface area (TPSA) is 55.8 Å². The van der Waals surface area contributed by atoms with Crippen LogP contribution in [0.1, 0.15) is 78.6 Å². The maximum atomic E-state index is 12.6. The Bertz CT molecular complexity index is 613. The molecule has 4 aliphatic rings. The first-order valence-electron chi connectivity index (χ1n) is 10.5. The third-order valence-corrected chi connectivity index (χ3v) is 9.99. The maximum Gasteiger partial charge on any atom is 0.168 e. The first-order chi connectivity index (χ1) is 12.1. The van der Waals surface area contributed by atoms with Crippen LogP contribution in [-0.2, 0) is 14.3 Å². The van der Waals surface area contributed by atoms with E-state index in [-0.39, 0.29) is 16.7 Å². The number of rotatable bonds is 2. The molecule has 0 bridgehead atoms. The lowest BCUT2D eigenvalue weighted by Gasteiger charge is -2.67. The SMILES string of the molecule is COC1(OC)CC[C@]2(C)[C@@H]3CC[C@@]4(C)C(=O)CC[C@@]4(O)[C@H]3CC[C@@]2(C)C1. The van der Waals surface area contributed by atoms with Gasteiger partial charge in [-0.25, -0.2) is 0 Å². The highest BCUT2D eigenvalue weighted by Gasteiger charge is 2.70. The molecule has 1 N–H and O–H groups in total. The molecule has 0 spiro atoms. The normalized spacial score (nSPS) is 52.9. The van der Waals surface area contributed by atoms with Crippen molar-refractivity contribution in [3.05, 3.63) is 0 Å². The van der Waals surface area contributed by atoms with Crippen LogP contribution in [0.2, 0.25) is 0 Å². The predicted molar refractivity (Wildman–Crippen MR) is 99.6 cm³/mol. The first-order valence-corrected chi connectivity index (χ1v) is 10.5. The highest BCUT2D eigenvalue weighted by Crippen LogP contribution is 2.71. The van der Waals surface area contributed by atoms with E-state index < -0.39 is 16.8 Å². The summed E-state index contributed by atoms with van der Waals surface area (Å²) in [4.78, 5) is 12.6. The van der Waals surface area contributed by atoms with Gasteiger partial charge in [0, 0.05) is 33.5 Å². The molecule has 0 aliphatic heterocycles. The molecule has 4 aliphatic carbocycles. The molecule has 4 saturated carbocycles. The molecule has 0 amide bonds. The molecule has 0 aromatic heterocycles. The summed E-state index contributed by atoms with van der Waals surface area (Å²) in [6, 6.07) is 0. The van der Waals surface area contributed by atoms with Crippen LogP contribution in [0.4, 0.5) is 0 Å². The van der Waals surface area contributed by atoms with Crippen molar-refractivity contribution in [2.45, 2.75) is 89.9 Å². The Morgan fingerprint density at radius 1 is 0.923 bits per heavy atom. The van der Waals surface area contributed by atoms with Gasteiger partial charge in [-0.3, -0.25) is 4.79 Å². The second-order valence-corrected chi connectivity index (χ2v) is 10.4. The molecule has 4 heteroatoms. The Morgan fingerprint density at radius 3 is 2.23 bits per heavy atom. The molecule has 0 heterocycles. The van der Waals surface area contributed by atoms with Crippen molar-refractivity contribution >= 4 is 5.78 Å². The summed E-state index contributed by atoms with van der Waals surface area (Å²) in [6.07, 6.45) is 8.10. The first kappa shape index (κ1) is 18.9. The van der Waals surface area contributed by atoms with Crippen molar-refractivity contribution in [2.24, 2.45) is 28.1 Å². The average Bonchev–Trinajstić information content (AvgIpc) is 2.86. The highest BCUT2D eigenvalue weighted by atomic mass is 16.7. The lowest BCUT2D eigenvalue weighted by Crippen LogP contribution is -2.65. The van der Waals surface area contributed by atoms with E-state index in [0.29, 0.717) is 24.5 Å². The fraction of sp³-hybridized carbons (Fsp3) is 0.955. The number of carbonyl (C=O) groups excluding carboxylic acids is 1. The van der Waals surface area contributed by atoms with Crippen LogP contribution in [0, 0.1) is 28.1 Å². The lowest BCUT2D eigenvalue weighted by molar-refractivity contribution is -0.291. The smallest absolute Gasteiger partial charge is 0.168 e. The zero-order valence-electron chi connectivity index (χ0n) is 17.2. The summed E-state index contributed by atoms with van der Waals surface area (Å²) in [7, 11) is 3.53. The number of carbonyl (C=O) groups is 1. The molecule has 26 heavy (non-hydrogen) atoms. The second-order valence-electron chi connectivity index (χ2n) is 10.4. The maximum absolute atomic E-state index is 12.6. The monoisotopic (exact) mass is 364 g/mol. The number of hydrogen-bond donors (Lipinski definition) is 1. The van der Waals surface area contributed by atoms with Gasteiger partial charge in [0.2, 0.25) is 0 Å². The molecule has 0 aromatic rings. The van der Waals surface area contributed by atoms with E-state index in [1.54, 1.807) is 14.2 Å². The number of methoxy groups -OCH3 is 2. The Labute approximate surface area is 158 Å². The van der Waals surface area contributed by atoms with Crippen molar-refractivity contribution in [2.75, 3.05) is 14.2 Å². The molecule has 4 fully saturated rings. The fourth-order valence-electron chi connectivity index (χ4n) is 7.78. The van der Waals surface area contributed by atoms with Gasteiger partial charge in [-0.2, -0.15) is 0 Å². The van der Waals surface area contributed by atoms with Gasteiger partial charge < -0.3 is 14.6 Å². The van der Waals surface area contributed by atoms with E-state index in [1.807, 2.05) is 6.92 Å². The predicted octanol–water partition coefficient (Wildman–Crippen LogP) is 4.09. The molecule has 4 nitrogen and oxygen atoms in total. The second kappa shape index (κ2) is 5.55. The Hall–Kier alpha value is -0.450. The number of fused-ring (bicyclic) bond motifs is 5. The van der Waals surface area contributed by atoms with Gasteiger partial charge in [-0.05, 0) is 68.1 Å². The number of ketones is 1. The van der Waals surface area contributed by atoms with Crippen molar-refractivity contribution < 1.29 is 19.4 Å². The van der Waals surface area contributed by atoms with E-state index in [9.17, 15) is 9.90 Å². The van der Waals surface area contributed by atoms with Gasteiger partial charge in [-0.1, -0.05) is 13.8 Å². The van der Waals surface area contributed by atoms with Gasteiger partial charge in [0.1, 0.15) is 5.78 Å². The molecule has 148 valence electrons. The van der Waals surface area contributed by atoms with Crippen LogP contribution in [0.15, 0.2) is 0 Å². The van der Waals surface area contributed by atoms with Gasteiger partial charge >= 0.3 is 0 Å². The molecular weight excluding hydrogens is 328 g/mol. The standard InChI is InChI=1S/C22H36O4/c1-18-9-6-16-15(7-10-20(3)17(23)8-11-22(16,20)24)19(18,2)12-13-21(14-18,25-4)26-5/h15-16,24H,6-14H2,1-5H3/t15-,16+,18+,19-,20+,22-/m1/s1. The zero-order valence-corrected chi connectivity index (χ0v) is 17.2. The van der Waals surface area contributed by atoms with Crippen molar-refractivity contribution in [1.82, 2.24) is 0 Å². The molecule has 0 radical (unpaired) electrons. The molecule has 0 saturated heterocycles. The van der Waals surface area contributed by atoms with E-state index in [4.69, 9.17) is 9.47 Å². The fourth-order valence-corrected chi connectivity index (χ4v) is 7.78. The van der Waals surface area contributed by atoms with E-state index in [2.05, 4.69) is 13.8 Å². The third kappa shape index (κ3) is 2.04.